The molecule has 0 amide bonds. The Kier molecular flexibility index (Phi) is 4.21. The van der Waals surface area contributed by atoms with Gasteiger partial charge in [-0.15, -0.1) is 0 Å². The van der Waals surface area contributed by atoms with Crippen LogP contribution in [0.15, 0.2) is 0 Å². The van der Waals surface area contributed by atoms with Gasteiger partial charge in [0.15, 0.2) is 0 Å². The molecule has 0 heteroatoms. The Bertz CT molecular complexity index is 244. The van der Waals surface area contributed by atoms with E-state index in [0.29, 0.717) is 5.41 Å². The topological polar surface area (TPSA) is 0 Å². The Morgan fingerprint density at radius 1 is 1.24 bits per heavy atom. The molecule has 2 fully saturated rings. The molecular weight excluding hydrogens is 204 g/mol. The summed E-state index contributed by atoms with van der Waals surface area (Å²) in [6.07, 6.45) is 11.8. The first-order chi connectivity index (χ1) is 8.09. The maximum atomic E-state index is 2.63. The average molecular weight is 236 g/mol. The van der Waals surface area contributed by atoms with Crippen LogP contribution in [0.4, 0.5) is 0 Å². The first-order valence-electron chi connectivity index (χ1n) is 8.09. The van der Waals surface area contributed by atoms with Crippen molar-refractivity contribution in [2.75, 3.05) is 0 Å². The van der Waals surface area contributed by atoms with Crippen LogP contribution in [0.2, 0.25) is 0 Å². The standard InChI is InChI=1S/C17H32/c1-5-6-8-13(2)15-10-11-16-14(3)9-7-12-17(15,16)4/h13-16H,5-12H2,1-4H3. The van der Waals surface area contributed by atoms with E-state index in [0.717, 1.165) is 23.7 Å². The van der Waals surface area contributed by atoms with Crippen LogP contribution in [0.1, 0.15) is 79.1 Å². The van der Waals surface area contributed by atoms with E-state index >= 15 is 0 Å². The van der Waals surface area contributed by atoms with E-state index in [4.69, 9.17) is 0 Å². The van der Waals surface area contributed by atoms with Crippen LogP contribution in [0.25, 0.3) is 0 Å². The zero-order valence-corrected chi connectivity index (χ0v) is 12.5. The first kappa shape index (κ1) is 13.4. The van der Waals surface area contributed by atoms with Gasteiger partial charge in [0.05, 0.1) is 0 Å². The van der Waals surface area contributed by atoms with E-state index in [1.807, 2.05) is 0 Å². The highest BCUT2D eigenvalue weighted by atomic mass is 14.6. The van der Waals surface area contributed by atoms with Gasteiger partial charge in [0.25, 0.3) is 0 Å². The van der Waals surface area contributed by atoms with Crippen molar-refractivity contribution in [3.05, 3.63) is 0 Å². The molecule has 0 heterocycles. The molecule has 2 aliphatic rings. The minimum atomic E-state index is 0.699. The number of hydrogen-bond acceptors (Lipinski definition) is 0. The molecule has 0 spiro atoms. The number of hydrogen-bond donors (Lipinski definition) is 0. The average Bonchev–Trinajstić information content (AvgIpc) is 2.64. The fraction of sp³-hybridized carbons (Fsp3) is 1.00. The minimum absolute atomic E-state index is 0.699. The highest BCUT2D eigenvalue weighted by Gasteiger charge is 2.50. The van der Waals surface area contributed by atoms with Gasteiger partial charge in [0, 0.05) is 0 Å². The maximum absolute atomic E-state index is 2.63. The predicted octanol–water partition coefficient (Wildman–Crippen LogP) is 5.67. The monoisotopic (exact) mass is 236 g/mol. The molecule has 0 aromatic carbocycles. The quantitative estimate of drug-likeness (QED) is 0.590. The van der Waals surface area contributed by atoms with Gasteiger partial charge in [-0.1, -0.05) is 59.8 Å². The second kappa shape index (κ2) is 5.33. The summed E-state index contributed by atoms with van der Waals surface area (Å²) in [6.45, 7) is 10.0. The molecule has 0 saturated heterocycles. The van der Waals surface area contributed by atoms with E-state index in [-0.39, 0.29) is 0 Å². The zero-order valence-electron chi connectivity index (χ0n) is 12.5. The number of unbranched alkanes of at least 4 members (excludes halogenated alkanes) is 1. The summed E-state index contributed by atoms with van der Waals surface area (Å²) in [5, 5.41) is 0. The van der Waals surface area contributed by atoms with Crippen LogP contribution in [-0.2, 0) is 0 Å². The third-order valence-electron chi connectivity index (χ3n) is 6.24. The molecule has 5 unspecified atom stereocenters. The smallest absolute Gasteiger partial charge is 0.0264 e. The molecule has 2 aliphatic carbocycles. The Balaban J connectivity index is 2.04. The highest BCUT2D eigenvalue weighted by molar-refractivity contribution is 5.00. The molecule has 100 valence electrons. The Morgan fingerprint density at radius 3 is 2.71 bits per heavy atom. The maximum Gasteiger partial charge on any atom is -0.0264 e. The van der Waals surface area contributed by atoms with Gasteiger partial charge in [0.2, 0.25) is 0 Å². The lowest BCUT2D eigenvalue weighted by molar-refractivity contribution is 0.0348. The largest absolute Gasteiger partial charge is 0.0654 e. The van der Waals surface area contributed by atoms with Crippen LogP contribution in [0.5, 0.6) is 0 Å². The highest BCUT2D eigenvalue weighted by Crippen LogP contribution is 2.59. The van der Waals surface area contributed by atoms with Crippen molar-refractivity contribution in [2.24, 2.45) is 29.1 Å². The van der Waals surface area contributed by atoms with E-state index in [2.05, 4.69) is 27.7 Å². The first-order valence-corrected chi connectivity index (χ1v) is 8.09. The summed E-state index contributed by atoms with van der Waals surface area (Å²) in [5.41, 5.74) is 0.699. The lowest BCUT2D eigenvalue weighted by Gasteiger charge is -2.46. The van der Waals surface area contributed by atoms with E-state index in [9.17, 15) is 0 Å². The summed E-state index contributed by atoms with van der Waals surface area (Å²) in [5.74, 6) is 4.04. The minimum Gasteiger partial charge on any atom is -0.0654 e. The van der Waals surface area contributed by atoms with Gasteiger partial charge in [-0.3, -0.25) is 0 Å². The van der Waals surface area contributed by atoms with Gasteiger partial charge in [0.1, 0.15) is 0 Å². The Hall–Kier alpha value is 0. The molecular formula is C17H32. The van der Waals surface area contributed by atoms with Crippen molar-refractivity contribution in [3.8, 4) is 0 Å². The molecule has 17 heavy (non-hydrogen) atoms. The van der Waals surface area contributed by atoms with Crippen molar-refractivity contribution in [3.63, 3.8) is 0 Å². The molecule has 2 rings (SSSR count). The van der Waals surface area contributed by atoms with Crippen LogP contribution in [0.3, 0.4) is 0 Å². The molecule has 2 saturated carbocycles. The summed E-state index contributed by atoms with van der Waals surface area (Å²) in [6, 6.07) is 0. The fourth-order valence-corrected chi connectivity index (χ4v) is 5.27. The molecule has 0 nitrogen and oxygen atoms in total. The lowest BCUT2D eigenvalue weighted by atomic mass is 9.59. The Labute approximate surface area is 109 Å². The van der Waals surface area contributed by atoms with Crippen molar-refractivity contribution in [1.29, 1.82) is 0 Å². The number of rotatable bonds is 4. The molecule has 0 aliphatic heterocycles. The Morgan fingerprint density at radius 2 is 2.00 bits per heavy atom. The second-order valence-corrected chi connectivity index (χ2v) is 7.29. The second-order valence-electron chi connectivity index (χ2n) is 7.29. The fourth-order valence-electron chi connectivity index (χ4n) is 5.27. The third-order valence-corrected chi connectivity index (χ3v) is 6.24. The van der Waals surface area contributed by atoms with Gasteiger partial charge in [-0.05, 0) is 48.3 Å². The van der Waals surface area contributed by atoms with Crippen molar-refractivity contribution in [1.82, 2.24) is 0 Å². The van der Waals surface area contributed by atoms with Crippen molar-refractivity contribution < 1.29 is 0 Å². The summed E-state index contributed by atoms with van der Waals surface area (Å²) in [4.78, 5) is 0. The molecule has 0 aromatic rings. The van der Waals surface area contributed by atoms with Gasteiger partial charge in [-0.25, -0.2) is 0 Å². The summed E-state index contributed by atoms with van der Waals surface area (Å²) >= 11 is 0. The summed E-state index contributed by atoms with van der Waals surface area (Å²) < 4.78 is 0. The molecule has 0 aromatic heterocycles. The van der Waals surface area contributed by atoms with Gasteiger partial charge >= 0.3 is 0 Å². The molecule has 0 radical (unpaired) electrons. The van der Waals surface area contributed by atoms with E-state index < -0.39 is 0 Å². The van der Waals surface area contributed by atoms with Crippen LogP contribution < -0.4 is 0 Å². The predicted molar refractivity (Wildman–Crippen MR) is 76.0 cm³/mol. The molecule has 0 bridgehead atoms. The van der Waals surface area contributed by atoms with Crippen LogP contribution >= 0.6 is 0 Å². The lowest BCUT2D eigenvalue weighted by Crippen LogP contribution is -2.38. The summed E-state index contributed by atoms with van der Waals surface area (Å²) in [7, 11) is 0. The normalized spacial score (nSPS) is 43.4. The van der Waals surface area contributed by atoms with E-state index in [1.54, 1.807) is 0 Å². The third kappa shape index (κ3) is 2.42. The van der Waals surface area contributed by atoms with Crippen molar-refractivity contribution >= 4 is 0 Å². The van der Waals surface area contributed by atoms with Gasteiger partial charge < -0.3 is 0 Å². The SMILES string of the molecule is CCCCC(C)C1CCC2C(C)CCCC12C. The van der Waals surface area contributed by atoms with E-state index in [1.165, 1.54) is 51.4 Å². The molecule has 0 N–H and O–H groups in total. The number of fused-ring (bicyclic) bond motifs is 1. The van der Waals surface area contributed by atoms with Crippen LogP contribution in [0, 0.1) is 29.1 Å². The molecule has 5 atom stereocenters. The van der Waals surface area contributed by atoms with Crippen LogP contribution in [-0.4, -0.2) is 0 Å². The van der Waals surface area contributed by atoms with Crippen molar-refractivity contribution in [2.45, 2.75) is 79.1 Å². The zero-order chi connectivity index (χ0) is 12.5. The van der Waals surface area contributed by atoms with Gasteiger partial charge in [-0.2, -0.15) is 0 Å².